The number of hydrogen-bond acceptors (Lipinski definition) is 0. The Bertz CT molecular complexity index is 869. The van der Waals surface area contributed by atoms with E-state index in [9.17, 15) is 0 Å². The van der Waals surface area contributed by atoms with E-state index in [0.717, 1.165) is 0 Å². The van der Waals surface area contributed by atoms with Crippen LogP contribution in [0, 0.1) is 0 Å². The van der Waals surface area contributed by atoms with E-state index in [1.807, 2.05) is 0 Å². The summed E-state index contributed by atoms with van der Waals surface area (Å²) in [5.74, 6) is 0.836. The van der Waals surface area contributed by atoms with Crippen LogP contribution >= 0.6 is 0 Å². The molecule has 2 bridgehead atoms. The van der Waals surface area contributed by atoms with E-state index in [2.05, 4.69) is 97.1 Å². The Labute approximate surface area is 142 Å². The van der Waals surface area contributed by atoms with Gasteiger partial charge in [0.05, 0.1) is 0 Å². The van der Waals surface area contributed by atoms with Crippen molar-refractivity contribution in [1.82, 2.24) is 0 Å². The maximum absolute atomic E-state index is 2.38. The third-order valence-corrected chi connectivity index (χ3v) is 5.25. The fourth-order valence-electron chi connectivity index (χ4n) is 4.26. The fraction of sp³-hybridized carbons (Fsp3) is 0.0833. The van der Waals surface area contributed by atoms with E-state index in [1.54, 1.807) is 0 Å². The molecule has 2 aliphatic carbocycles. The SMILES string of the molecule is C1=C[C@H]2C(=C(c3ccccc3)c3ccccc3)[C@@H]1c1ccccc12. The number of allylic oxidation sites excluding steroid dienone is 3. The lowest BCUT2D eigenvalue weighted by molar-refractivity contribution is 1.04. The second-order valence-electron chi connectivity index (χ2n) is 6.53. The van der Waals surface area contributed by atoms with Crippen LogP contribution in [-0.2, 0) is 0 Å². The smallest absolute Gasteiger partial charge is 0.0250 e. The van der Waals surface area contributed by atoms with Crippen LogP contribution in [0.5, 0.6) is 0 Å². The minimum absolute atomic E-state index is 0.418. The first-order chi connectivity index (χ1) is 11.9. The predicted molar refractivity (Wildman–Crippen MR) is 100.0 cm³/mol. The van der Waals surface area contributed by atoms with Gasteiger partial charge in [0.15, 0.2) is 0 Å². The molecule has 3 aromatic rings. The van der Waals surface area contributed by atoms with E-state index < -0.39 is 0 Å². The third-order valence-electron chi connectivity index (χ3n) is 5.25. The lowest BCUT2D eigenvalue weighted by Crippen LogP contribution is -1.98. The Morgan fingerprint density at radius 1 is 0.500 bits per heavy atom. The van der Waals surface area contributed by atoms with Crippen LogP contribution in [0.1, 0.15) is 34.1 Å². The van der Waals surface area contributed by atoms with Crippen LogP contribution in [0.25, 0.3) is 5.57 Å². The van der Waals surface area contributed by atoms with E-state index >= 15 is 0 Å². The fourth-order valence-corrected chi connectivity index (χ4v) is 4.26. The molecule has 0 spiro atoms. The molecule has 2 aliphatic rings. The van der Waals surface area contributed by atoms with Crippen LogP contribution < -0.4 is 0 Å². The zero-order valence-electron chi connectivity index (χ0n) is 13.4. The van der Waals surface area contributed by atoms with Crippen molar-refractivity contribution in [1.29, 1.82) is 0 Å². The van der Waals surface area contributed by atoms with Gasteiger partial charge in [-0.25, -0.2) is 0 Å². The molecule has 5 rings (SSSR count). The Kier molecular flexibility index (Phi) is 3.02. The molecule has 0 aliphatic heterocycles. The van der Waals surface area contributed by atoms with Crippen LogP contribution in [0.15, 0.2) is 103 Å². The Hall–Kier alpha value is -2.86. The van der Waals surface area contributed by atoms with Gasteiger partial charge in [0.2, 0.25) is 0 Å². The number of hydrogen-bond donors (Lipinski definition) is 0. The second-order valence-corrected chi connectivity index (χ2v) is 6.53. The highest BCUT2D eigenvalue weighted by molar-refractivity contribution is 5.87. The molecule has 0 heteroatoms. The van der Waals surface area contributed by atoms with Crippen molar-refractivity contribution >= 4 is 5.57 Å². The lowest BCUT2D eigenvalue weighted by atomic mass is 9.87. The average molecular weight is 306 g/mol. The summed E-state index contributed by atoms with van der Waals surface area (Å²) in [5, 5.41) is 0. The van der Waals surface area contributed by atoms with Crippen LogP contribution in [-0.4, -0.2) is 0 Å². The van der Waals surface area contributed by atoms with Gasteiger partial charge in [-0.2, -0.15) is 0 Å². The van der Waals surface area contributed by atoms with Gasteiger partial charge in [-0.1, -0.05) is 97.1 Å². The standard InChI is InChI=1S/C24H18/c1-3-9-17(10-4-1)23(18-11-5-2-6-12-18)24-21-15-16-22(24)20-14-8-7-13-19(20)21/h1-16,21-22H/t21-,22+. The first kappa shape index (κ1) is 13.6. The van der Waals surface area contributed by atoms with Crippen LogP contribution in [0.4, 0.5) is 0 Å². The maximum atomic E-state index is 2.38. The van der Waals surface area contributed by atoms with Gasteiger partial charge in [-0.15, -0.1) is 0 Å². The van der Waals surface area contributed by atoms with E-state index in [-0.39, 0.29) is 0 Å². The predicted octanol–water partition coefficient (Wildman–Crippen LogP) is 5.94. The molecule has 0 nitrogen and oxygen atoms in total. The summed E-state index contributed by atoms with van der Waals surface area (Å²) in [6.07, 6.45) is 4.77. The summed E-state index contributed by atoms with van der Waals surface area (Å²) in [7, 11) is 0. The van der Waals surface area contributed by atoms with Gasteiger partial charge in [-0.3, -0.25) is 0 Å². The first-order valence-electron chi connectivity index (χ1n) is 8.55. The number of benzene rings is 3. The van der Waals surface area contributed by atoms with E-state index in [1.165, 1.54) is 33.4 Å². The van der Waals surface area contributed by atoms with Crippen molar-refractivity contribution in [2.24, 2.45) is 0 Å². The molecule has 24 heavy (non-hydrogen) atoms. The van der Waals surface area contributed by atoms with Crippen molar-refractivity contribution in [2.45, 2.75) is 11.8 Å². The summed E-state index contributed by atoms with van der Waals surface area (Å²) in [4.78, 5) is 0. The Balaban J connectivity index is 1.79. The molecule has 0 heterocycles. The van der Waals surface area contributed by atoms with Crippen molar-refractivity contribution < 1.29 is 0 Å². The monoisotopic (exact) mass is 306 g/mol. The average Bonchev–Trinajstić information content (AvgIpc) is 3.21. The van der Waals surface area contributed by atoms with E-state index in [0.29, 0.717) is 11.8 Å². The van der Waals surface area contributed by atoms with Crippen LogP contribution in [0.2, 0.25) is 0 Å². The molecule has 3 aromatic carbocycles. The minimum Gasteiger partial charge on any atom is -0.0760 e. The van der Waals surface area contributed by atoms with E-state index in [4.69, 9.17) is 0 Å². The highest BCUT2D eigenvalue weighted by Gasteiger charge is 2.39. The number of rotatable bonds is 2. The van der Waals surface area contributed by atoms with Gasteiger partial charge in [0.1, 0.15) is 0 Å². The third kappa shape index (κ3) is 1.93. The molecular weight excluding hydrogens is 288 g/mol. The molecule has 0 saturated carbocycles. The Morgan fingerprint density at radius 2 is 0.917 bits per heavy atom. The summed E-state index contributed by atoms with van der Waals surface area (Å²) < 4.78 is 0. The lowest BCUT2D eigenvalue weighted by Gasteiger charge is -2.17. The quantitative estimate of drug-likeness (QED) is 0.514. The summed E-state index contributed by atoms with van der Waals surface area (Å²) in [6, 6.07) is 30.6. The van der Waals surface area contributed by atoms with Gasteiger partial charge < -0.3 is 0 Å². The molecule has 0 aromatic heterocycles. The number of fused-ring (bicyclic) bond motifs is 5. The zero-order valence-corrected chi connectivity index (χ0v) is 13.4. The molecule has 2 atom stereocenters. The zero-order chi connectivity index (χ0) is 15.9. The van der Waals surface area contributed by atoms with Gasteiger partial charge in [0, 0.05) is 11.8 Å². The van der Waals surface area contributed by atoms with Crippen molar-refractivity contribution in [3.8, 4) is 0 Å². The second kappa shape index (κ2) is 5.35. The summed E-state index contributed by atoms with van der Waals surface area (Å²) in [6.45, 7) is 0. The first-order valence-corrected chi connectivity index (χ1v) is 8.55. The summed E-state index contributed by atoms with van der Waals surface area (Å²) in [5.41, 5.74) is 8.50. The molecule has 0 fully saturated rings. The summed E-state index contributed by atoms with van der Waals surface area (Å²) >= 11 is 0. The van der Waals surface area contributed by atoms with Crippen LogP contribution in [0.3, 0.4) is 0 Å². The molecular formula is C24H18. The molecule has 114 valence electrons. The largest absolute Gasteiger partial charge is 0.0760 e. The van der Waals surface area contributed by atoms with Crippen molar-refractivity contribution in [3.63, 3.8) is 0 Å². The van der Waals surface area contributed by atoms with Gasteiger partial charge in [0.25, 0.3) is 0 Å². The molecule has 0 N–H and O–H groups in total. The molecule has 0 saturated heterocycles. The Morgan fingerprint density at radius 3 is 1.38 bits per heavy atom. The van der Waals surface area contributed by atoms with Crippen molar-refractivity contribution in [2.75, 3.05) is 0 Å². The molecule has 0 amide bonds. The molecule has 0 radical (unpaired) electrons. The van der Waals surface area contributed by atoms with Gasteiger partial charge in [-0.05, 0) is 33.4 Å². The maximum Gasteiger partial charge on any atom is 0.0250 e. The normalized spacial score (nSPS) is 20.2. The topological polar surface area (TPSA) is 0 Å². The highest BCUT2D eigenvalue weighted by Crippen LogP contribution is 2.55. The molecule has 0 unspecified atom stereocenters. The highest BCUT2D eigenvalue weighted by atomic mass is 14.4. The van der Waals surface area contributed by atoms with Gasteiger partial charge >= 0.3 is 0 Å². The minimum atomic E-state index is 0.418. The van der Waals surface area contributed by atoms with Crippen molar-refractivity contribution in [3.05, 3.63) is 125 Å².